The van der Waals surface area contributed by atoms with E-state index in [1.54, 1.807) is 0 Å². The largest absolute Gasteiger partial charge is 0.477 e. The SMILES string of the molecule is CCCCn1cc(C(=O)O)c(=O)c2cc(F)cc(F)c21. The molecule has 0 saturated carbocycles. The van der Waals surface area contributed by atoms with Gasteiger partial charge in [0.05, 0.1) is 10.9 Å². The zero-order valence-corrected chi connectivity index (χ0v) is 10.8. The maximum absolute atomic E-state index is 13.9. The molecular weight excluding hydrogens is 268 g/mol. The van der Waals surface area contributed by atoms with E-state index in [9.17, 15) is 18.4 Å². The summed E-state index contributed by atoms with van der Waals surface area (Å²) in [6.45, 7) is 2.29. The highest BCUT2D eigenvalue weighted by molar-refractivity contribution is 5.92. The first-order valence-corrected chi connectivity index (χ1v) is 6.21. The molecular formula is C14H13F2NO3. The molecule has 2 rings (SSSR count). The predicted octanol–water partition coefficient (Wildman–Crippen LogP) is 2.78. The molecule has 0 aliphatic rings. The molecule has 6 heteroatoms. The lowest BCUT2D eigenvalue weighted by atomic mass is 10.1. The Labute approximate surface area is 113 Å². The van der Waals surface area contributed by atoms with E-state index < -0.39 is 28.6 Å². The van der Waals surface area contributed by atoms with Crippen LogP contribution in [-0.2, 0) is 6.54 Å². The van der Waals surface area contributed by atoms with E-state index in [1.165, 1.54) is 4.57 Å². The molecule has 106 valence electrons. The van der Waals surface area contributed by atoms with Gasteiger partial charge < -0.3 is 9.67 Å². The van der Waals surface area contributed by atoms with Crippen molar-refractivity contribution in [3.63, 3.8) is 0 Å². The topological polar surface area (TPSA) is 59.3 Å². The average molecular weight is 281 g/mol. The number of fused-ring (bicyclic) bond motifs is 1. The van der Waals surface area contributed by atoms with Crippen LogP contribution in [0.2, 0.25) is 0 Å². The number of rotatable bonds is 4. The number of benzene rings is 1. The molecule has 0 amide bonds. The molecule has 0 bridgehead atoms. The van der Waals surface area contributed by atoms with Crippen LogP contribution in [0.3, 0.4) is 0 Å². The minimum absolute atomic E-state index is 0.0603. The first kappa shape index (κ1) is 14.2. The molecule has 0 aliphatic carbocycles. The van der Waals surface area contributed by atoms with Gasteiger partial charge in [-0.2, -0.15) is 0 Å². The number of nitrogens with zero attached hydrogens (tertiary/aromatic N) is 1. The van der Waals surface area contributed by atoms with Crippen LogP contribution in [0.15, 0.2) is 23.1 Å². The van der Waals surface area contributed by atoms with E-state index >= 15 is 0 Å². The summed E-state index contributed by atoms with van der Waals surface area (Å²) < 4.78 is 28.5. The van der Waals surface area contributed by atoms with Gasteiger partial charge in [0, 0.05) is 18.8 Å². The summed E-state index contributed by atoms with van der Waals surface area (Å²) in [6.07, 6.45) is 2.62. The van der Waals surface area contributed by atoms with E-state index in [4.69, 9.17) is 5.11 Å². The van der Waals surface area contributed by atoms with Crippen molar-refractivity contribution in [1.82, 2.24) is 4.57 Å². The average Bonchev–Trinajstić information content (AvgIpc) is 2.37. The second-order valence-electron chi connectivity index (χ2n) is 4.51. The number of unbranched alkanes of at least 4 members (excludes halogenated alkanes) is 1. The Morgan fingerprint density at radius 2 is 2.05 bits per heavy atom. The zero-order valence-electron chi connectivity index (χ0n) is 10.8. The molecule has 1 aromatic carbocycles. The quantitative estimate of drug-likeness (QED) is 0.937. The maximum atomic E-state index is 13.9. The van der Waals surface area contributed by atoms with Crippen LogP contribution >= 0.6 is 0 Å². The standard InChI is InChI=1S/C14H13F2NO3/c1-2-3-4-17-7-10(14(19)20)13(18)9-5-8(15)6-11(16)12(9)17/h5-7H,2-4H2,1H3,(H,19,20). The van der Waals surface area contributed by atoms with Crippen molar-refractivity contribution in [3.05, 3.63) is 45.8 Å². The summed E-state index contributed by atoms with van der Waals surface area (Å²) in [5, 5.41) is 8.76. The van der Waals surface area contributed by atoms with Gasteiger partial charge in [-0.3, -0.25) is 4.79 Å². The number of aryl methyl sites for hydroxylation is 1. The van der Waals surface area contributed by atoms with Crippen LogP contribution < -0.4 is 5.43 Å². The number of carboxylic acid groups (broad SMARTS) is 1. The van der Waals surface area contributed by atoms with Gasteiger partial charge in [-0.25, -0.2) is 13.6 Å². The van der Waals surface area contributed by atoms with Crippen LogP contribution in [0.4, 0.5) is 8.78 Å². The molecule has 1 N–H and O–H groups in total. The van der Waals surface area contributed by atoms with Crippen molar-refractivity contribution < 1.29 is 18.7 Å². The maximum Gasteiger partial charge on any atom is 0.341 e. The van der Waals surface area contributed by atoms with Crippen LogP contribution in [-0.4, -0.2) is 15.6 Å². The van der Waals surface area contributed by atoms with Crippen LogP contribution in [0.1, 0.15) is 30.1 Å². The minimum Gasteiger partial charge on any atom is -0.477 e. The van der Waals surface area contributed by atoms with Gasteiger partial charge in [-0.1, -0.05) is 13.3 Å². The lowest BCUT2D eigenvalue weighted by molar-refractivity contribution is 0.0694. The van der Waals surface area contributed by atoms with E-state index in [-0.39, 0.29) is 10.9 Å². The van der Waals surface area contributed by atoms with Gasteiger partial charge in [-0.05, 0) is 12.5 Å². The Bertz CT molecular complexity index is 737. The van der Waals surface area contributed by atoms with Gasteiger partial charge in [0.15, 0.2) is 5.82 Å². The first-order chi connectivity index (χ1) is 9.45. The Morgan fingerprint density at radius 1 is 1.35 bits per heavy atom. The van der Waals surface area contributed by atoms with Gasteiger partial charge in [0.1, 0.15) is 11.4 Å². The highest BCUT2D eigenvalue weighted by Crippen LogP contribution is 2.19. The highest BCUT2D eigenvalue weighted by Gasteiger charge is 2.17. The van der Waals surface area contributed by atoms with Crippen LogP contribution in [0.5, 0.6) is 0 Å². The molecule has 0 saturated heterocycles. The van der Waals surface area contributed by atoms with Crippen molar-refractivity contribution in [1.29, 1.82) is 0 Å². The molecule has 0 fully saturated rings. The van der Waals surface area contributed by atoms with Gasteiger partial charge >= 0.3 is 5.97 Å². The molecule has 0 aliphatic heterocycles. The molecule has 2 aromatic rings. The summed E-state index contributed by atoms with van der Waals surface area (Å²) in [7, 11) is 0. The van der Waals surface area contributed by atoms with Crippen molar-refractivity contribution in [2.45, 2.75) is 26.3 Å². The van der Waals surface area contributed by atoms with E-state index in [2.05, 4.69) is 0 Å². The lowest BCUT2D eigenvalue weighted by Crippen LogP contribution is -2.20. The third-order valence-corrected chi connectivity index (χ3v) is 3.07. The van der Waals surface area contributed by atoms with Crippen LogP contribution in [0, 0.1) is 11.6 Å². The molecule has 0 spiro atoms. The monoisotopic (exact) mass is 281 g/mol. The smallest absolute Gasteiger partial charge is 0.341 e. The van der Waals surface area contributed by atoms with Crippen molar-refractivity contribution >= 4 is 16.9 Å². The number of carboxylic acids is 1. The summed E-state index contributed by atoms with van der Waals surface area (Å²) in [5.41, 5.74) is -1.42. The number of aromatic carboxylic acids is 1. The summed E-state index contributed by atoms with van der Waals surface area (Å²) >= 11 is 0. The number of hydrogen-bond donors (Lipinski definition) is 1. The van der Waals surface area contributed by atoms with Crippen molar-refractivity contribution in [2.24, 2.45) is 0 Å². The van der Waals surface area contributed by atoms with E-state index in [1.807, 2.05) is 6.92 Å². The number of hydrogen-bond acceptors (Lipinski definition) is 2. The van der Waals surface area contributed by atoms with Gasteiger partial charge in [-0.15, -0.1) is 0 Å². The third kappa shape index (κ3) is 2.41. The first-order valence-electron chi connectivity index (χ1n) is 6.21. The fourth-order valence-electron chi connectivity index (χ4n) is 2.11. The normalized spacial score (nSPS) is 10.9. The fourth-order valence-corrected chi connectivity index (χ4v) is 2.11. The Balaban J connectivity index is 2.85. The van der Waals surface area contributed by atoms with Crippen molar-refractivity contribution in [2.75, 3.05) is 0 Å². The number of pyridine rings is 1. The highest BCUT2D eigenvalue weighted by atomic mass is 19.1. The second-order valence-corrected chi connectivity index (χ2v) is 4.51. The molecule has 4 nitrogen and oxygen atoms in total. The Morgan fingerprint density at radius 3 is 2.65 bits per heavy atom. The van der Waals surface area contributed by atoms with E-state index in [0.29, 0.717) is 19.0 Å². The molecule has 0 unspecified atom stereocenters. The fraction of sp³-hybridized carbons (Fsp3) is 0.286. The predicted molar refractivity (Wildman–Crippen MR) is 70.0 cm³/mol. The van der Waals surface area contributed by atoms with Crippen molar-refractivity contribution in [3.8, 4) is 0 Å². The van der Waals surface area contributed by atoms with Gasteiger partial charge in [0.25, 0.3) is 0 Å². The summed E-state index contributed by atoms with van der Waals surface area (Å²) in [5.74, 6) is -3.19. The molecule has 0 radical (unpaired) electrons. The summed E-state index contributed by atoms with van der Waals surface area (Å²) in [4.78, 5) is 23.0. The summed E-state index contributed by atoms with van der Waals surface area (Å²) in [6, 6.07) is 1.56. The van der Waals surface area contributed by atoms with Crippen LogP contribution in [0.25, 0.3) is 10.9 Å². The zero-order chi connectivity index (χ0) is 14.9. The molecule has 1 heterocycles. The van der Waals surface area contributed by atoms with Gasteiger partial charge in [0.2, 0.25) is 5.43 Å². The third-order valence-electron chi connectivity index (χ3n) is 3.07. The molecule has 1 aromatic heterocycles. The molecule has 20 heavy (non-hydrogen) atoms. The van der Waals surface area contributed by atoms with E-state index in [0.717, 1.165) is 18.7 Å². The number of halogens is 2. The number of carbonyl (C=O) groups is 1. The Hall–Kier alpha value is -2.24. The minimum atomic E-state index is -1.41. The number of aromatic nitrogens is 1. The molecule has 0 atom stereocenters. The Kier molecular flexibility index (Phi) is 3.83. The second kappa shape index (κ2) is 5.40. The lowest BCUT2D eigenvalue weighted by Gasteiger charge is -2.12.